The first-order valence-corrected chi connectivity index (χ1v) is 7.35. The van der Waals surface area contributed by atoms with Crippen LogP contribution in [0.15, 0.2) is 18.2 Å². The number of nitrogens with one attached hydrogen (secondary N) is 1. The predicted octanol–water partition coefficient (Wildman–Crippen LogP) is 1.00. The average molecular weight is 324 g/mol. The van der Waals surface area contributed by atoms with Gasteiger partial charge in [0.05, 0.1) is 11.1 Å². The van der Waals surface area contributed by atoms with Crippen LogP contribution in [0.1, 0.15) is 27.1 Å². The van der Waals surface area contributed by atoms with Crippen LogP contribution in [0.2, 0.25) is 5.02 Å². The second-order valence-corrected chi connectivity index (χ2v) is 5.79. The number of likely N-dealkylation sites (N-methyl/N-ethyl adjacent to an activating group) is 1. The highest BCUT2D eigenvalue weighted by atomic mass is 35.5. The Morgan fingerprint density at radius 3 is 2.59 bits per heavy atom. The van der Waals surface area contributed by atoms with Crippen molar-refractivity contribution >= 4 is 29.3 Å². The molecule has 1 aromatic rings. The molecule has 0 saturated carbocycles. The Kier molecular flexibility index (Phi) is 5.15. The molecule has 7 heteroatoms. The standard InChI is InChI=1S/C15H18ClN3O3/c1-18(2)8-6-17-13(20)5-7-19-14(21)11-4-3-10(16)9-12(11)15(19)22/h3-4,9H,5-8H2,1-2H3,(H,17,20). The summed E-state index contributed by atoms with van der Waals surface area (Å²) in [6, 6.07) is 4.59. The van der Waals surface area contributed by atoms with E-state index in [4.69, 9.17) is 11.6 Å². The van der Waals surface area contributed by atoms with E-state index in [1.165, 1.54) is 12.1 Å². The topological polar surface area (TPSA) is 69.7 Å². The Balaban J connectivity index is 1.91. The molecule has 3 amide bonds. The molecule has 0 radical (unpaired) electrons. The quantitative estimate of drug-likeness (QED) is 0.793. The van der Waals surface area contributed by atoms with Crippen LogP contribution >= 0.6 is 11.6 Å². The first-order chi connectivity index (χ1) is 10.4. The van der Waals surface area contributed by atoms with E-state index in [0.717, 1.165) is 11.4 Å². The number of nitrogens with zero attached hydrogens (tertiary/aromatic N) is 2. The fourth-order valence-electron chi connectivity index (χ4n) is 2.19. The molecule has 0 unspecified atom stereocenters. The van der Waals surface area contributed by atoms with Gasteiger partial charge in [0.2, 0.25) is 5.91 Å². The summed E-state index contributed by atoms with van der Waals surface area (Å²) >= 11 is 5.84. The maximum Gasteiger partial charge on any atom is 0.261 e. The molecule has 1 heterocycles. The molecule has 0 atom stereocenters. The lowest BCUT2D eigenvalue weighted by Crippen LogP contribution is -2.36. The summed E-state index contributed by atoms with van der Waals surface area (Å²) in [7, 11) is 3.83. The molecule has 0 spiro atoms. The zero-order valence-electron chi connectivity index (χ0n) is 12.6. The van der Waals surface area contributed by atoms with E-state index in [1.807, 2.05) is 19.0 Å². The Hall–Kier alpha value is -1.92. The lowest BCUT2D eigenvalue weighted by Gasteiger charge is -2.14. The average Bonchev–Trinajstić information content (AvgIpc) is 2.68. The third-order valence-electron chi connectivity index (χ3n) is 3.38. The van der Waals surface area contributed by atoms with Crippen molar-refractivity contribution < 1.29 is 14.4 Å². The molecule has 0 bridgehead atoms. The van der Waals surface area contributed by atoms with Crippen molar-refractivity contribution in [1.82, 2.24) is 15.1 Å². The van der Waals surface area contributed by atoms with Gasteiger partial charge in [-0.3, -0.25) is 19.3 Å². The van der Waals surface area contributed by atoms with Crippen molar-refractivity contribution in [2.75, 3.05) is 33.7 Å². The Morgan fingerprint density at radius 1 is 1.23 bits per heavy atom. The number of rotatable bonds is 6. The van der Waals surface area contributed by atoms with Gasteiger partial charge in [-0.05, 0) is 32.3 Å². The lowest BCUT2D eigenvalue weighted by molar-refractivity contribution is -0.121. The van der Waals surface area contributed by atoms with Crippen LogP contribution in [-0.4, -0.2) is 61.3 Å². The number of halogens is 1. The SMILES string of the molecule is CN(C)CCNC(=O)CCN1C(=O)c2ccc(Cl)cc2C1=O. The molecule has 0 aliphatic carbocycles. The number of carbonyl (C=O) groups is 3. The van der Waals surface area contributed by atoms with Crippen LogP contribution in [0.4, 0.5) is 0 Å². The fourth-order valence-corrected chi connectivity index (χ4v) is 2.36. The summed E-state index contributed by atoms with van der Waals surface area (Å²) in [5.41, 5.74) is 0.632. The van der Waals surface area contributed by atoms with Crippen molar-refractivity contribution in [2.24, 2.45) is 0 Å². The summed E-state index contributed by atoms with van der Waals surface area (Å²) in [6.07, 6.45) is 0.0899. The molecule has 0 fully saturated rings. The highest BCUT2D eigenvalue weighted by Gasteiger charge is 2.35. The van der Waals surface area contributed by atoms with Crippen molar-refractivity contribution in [1.29, 1.82) is 0 Å². The number of amides is 3. The second kappa shape index (κ2) is 6.89. The van der Waals surface area contributed by atoms with Crippen molar-refractivity contribution in [3.63, 3.8) is 0 Å². The Morgan fingerprint density at radius 2 is 1.91 bits per heavy atom. The molecule has 1 aliphatic rings. The first-order valence-electron chi connectivity index (χ1n) is 6.97. The van der Waals surface area contributed by atoms with Gasteiger partial charge in [-0.2, -0.15) is 0 Å². The van der Waals surface area contributed by atoms with Gasteiger partial charge in [-0.25, -0.2) is 0 Å². The van der Waals surface area contributed by atoms with Crippen LogP contribution in [0, 0.1) is 0 Å². The maximum absolute atomic E-state index is 12.2. The van der Waals surface area contributed by atoms with E-state index in [0.29, 0.717) is 22.7 Å². The van der Waals surface area contributed by atoms with Crippen LogP contribution in [0.25, 0.3) is 0 Å². The number of benzene rings is 1. The summed E-state index contributed by atoms with van der Waals surface area (Å²) in [4.78, 5) is 39.1. The molecule has 2 rings (SSSR count). The molecule has 1 aliphatic heterocycles. The molecular formula is C15H18ClN3O3. The van der Waals surface area contributed by atoms with E-state index < -0.39 is 5.91 Å². The van der Waals surface area contributed by atoms with Crippen molar-refractivity contribution in [2.45, 2.75) is 6.42 Å². The second-order valence-electron chi connectivity index (χ2n) is 5.36. The van der Waals surface area contributed by atoms with Crippen molar-refractivity contribution in [3.8, 4) is 0 Å². The van der Waals surface area contributed by atoms with Gasteiger partial charge >= 0.3 is 0 Å². The van der Waals surface area contributed by atoms with E-state index in [9.17, 15) is 14.4 Å². The molecule has 0 saturated heterocycles. The van der Waals surface area contributed by atoms with E-state index in [2.05, 4.69) is 5.32 Å². The van der Waals surface area contributed by atoms with Crippen LogP contribution in [0.3, 0.4) is 0 Å². The zero-order valence-corrected chi connectivity index (χ0v) is 13.3. The molecular weight excluding hydrogens is 306 g/mol. The minimum absolute atomic E-state index is 0.0672. The number of carbonyl (C=O) groups excluding carboxylic acids is 3. The zero-order chi connectivity index (χ0) is 16.3. The van der Waals surface area contributed by atoms with Gasteiger partial charge in [0.25, 0.3) is 11.8 Å². The largest absolute Gasteiger partial charge is 0.355 e. The number of hydrogen-bond acceptors (Lipinski definition) is 4. The maximum atomic E-state index is 12.2. The highest BCUT2D eigenvalue weighted by Crippen LogP contribution is 2.25. The van der Waals surface area contributed by atoms with E-state index in [1.54, 1.807) is 6.07 Å². The third kappa shape index (κ3) is 3.64. The van der Waals surface area contributed by atoms with Gasteiger partial charge in [0.1, 0.15) is 0 Å². The highest BCUT2D eigenvalue weighted by molar-refractivity contribution is 6.32. The summed E-state index contributed by atoms with van der Waals surface area (Å²) < 4.78 is 0. The minimum atomic E-state index is -0.399. The van der Waals surface area contributed by atoms with Crippen molar-refractivity contribution in [3.05, 3.63) is 34.3 Å². The third-order valence-corrected chi connectivity index (χ3v) is 3.61. The van der Waals surface area contributed by atoms with Crippen LogP contribution < -0.4 is 5.32 Å². The monoisotopic (exact) mass is 323 g/mol. The molecule has 22 heavy (non-hydrogen) atoms. The first kappa shape index (κ1) is 16.5. The summed E-state index contributed by atoms with van der Waals surface area (Å²) in [5, 5.41) is 3.15. The number of imide groups is 1. The Bertz CT molecular complexity index is 616. The minimum Gasteiger partial charge on any atom is -0.355 e. The molecule has 118 valence electrons. The summed E-state index contributed by atoms with van der Waals surface area (Å²) in [5.74, 6) is -0.960. The number of fused-ring (bicyclic) bond motifs is 1. The number of hydrogen-bond donors (Lipinski definition) is 1. The summed E-state index contributed by atoms with van der Waals surface area (Å²) in [6.45, 7) is 1.33. The smallest absolute Gasteiger partial charge is 0.261 e. The molecule has 1 aromatic carbocycles. The van der Waals surface area contributed by atoms with E-state index >= 15 is 0 Å². The fraction of sp³-hybridized carbons (Fsp3) is 0.400. The molecule has 0 aromatic heterocycles. The van der Waals surface area contributed by atoms with Gasteiger partial charge < -0.3 is 10.2 Å². The molecule has 1 N–H and O–H groups in total. The van der Waals surface area contributed by atoms with Gasteiger partial charge in [0.15, 0.2) is 0 Å². The van der Waals surface area contributed by atoms with Crippen LogP contribution in [-0.2, 0) is 4.79 Å². The van der Waals surface area contributed by atoms with Gasteiger partial charge in [-0.1, -0.05) is 11.6 Å². The van der Waals surface area contributed by atoms with Gasteiger partial charge in [-0.15, -0.1) is 0 Å². The van der Waals surface area contributed by atoms with Crippen LogP contribution in [0.5, 0.6) is 0 Å². The predicted molar refractivity (Wildman–Crippen MR) is 83.0 cm³/mol. The van der Waals surface area contributed by atoms with E-state index in [-0.39, 0.29) is 24.8 Å². The Labute approximate surface area is 134 Å². The molecule has 6 nitrogen and oxygen atoms in total. The lowest BCUT2D eigenvalue weighted by atomic mass is 10.1. The normalized spacial score (nSPS) is 13.7. The van der Waals surface area contributed by atoms with Gasteiger partial charge in [0, 0.05) is 31.1 Å².